The highest BCUT2D eigenvalue weighted by Gasteiger charge is 2.14. The summed E-state index contributed by atoms with van der Waals surface area (Å²) in [5.41, 5.74) is 1.68. The van der Waals surface area contributed by atoms with Crippen LogP contribution in [0.4, 0.5) is 0 Å². The van der Waals surface area contributed by atoms with Crippen LogP contribution in [-0.2, 0) is 10.0 Å². The van der Waals surface area contributed by atoms with E-state index in [1.807, 2.05) is 18.2 Å². The molecule has 1 aliphatic rings. The molecule has 3 rings (SSSR count). The molecule has 0 spiro atoms. The van der Waals surface area contributed by atoms with Gasteiger partial charge in [0, 0.05) is 18.1 Å². The fraction of sp³-hybridized carbons (Fsp3) is 0.188. The van der Waals surface area contributed by atoms with Crippen LogP contribution in [0.25, 0.3) is 10.9 Å². The van der Waals surface area contributed by atoms with Crippen molar-refractivity contribution in [3.05, 3.63) is 60.3 Å². The highest BCUT2D eigenvalue weighted by atomic mass is 32.2. The topological polar surface area (TPSA) is 59.1 Å². The van der Waals surface area contributed by atoms with Crippen LogP contribution in [0.15, 0.2) is 65.2 Å². The van der Waals surface area contributed by atoms with E-state index in [-0.39, 0.29) is 4.90 Å². The van der Waals surface area contributed by atoms with Crippen molar-refractivity contribution in [2.24, 2.45) is 0 Å². The van der Waals surface area contributed by atoms with Gasteiger partial charge in [-0.25, -0.2) is 13.1 Å². The summed E-state index contributed by atoms with van der Waals surface area (Å²) in [6.45, 7) is 0.319. The van der Waals surface area contributed by atoms with E-state index >= 15 is 0 Å². The van der Waals surface area contributed by atoms with E-state index in [9.17, 15) is 8.42 Å². The molecule has 1 aliphatic carbocycles. The number of nitrogens with zero attached hydrogens (tertiary/aromatic N) is 1. The molecule has 1 aromatic carbocycles. The zero-order valence-electron chi connectivity index (χ0n) is 11.5. The third-order valence-corrected chi connectivity index (χ3v) is 4.82. The van der Waals surface area contributed by atoms with Gasteiger partial charge < -0.3 is 0 Å². The number of nitrogens with one attached hydrogen (secondary N) is 1. The van der Waals surface area contributed by atoms with Crippen LogP contribution in [0.5, 0.6) is 0 Å². The van der Waals surface area contributed by atoms with E-state index in [1.165, 1.54) is 0 Å². The first-order valence-corrected chi connectivity index (χ1v) is 8.33. The largest absolute Gasteiger partial charge is 0.256 e. The maximum atomic E-state index is 12.3. The average Bonchev–Trinajstić information content (AvgIpc) is 2.53. The van der Waals surface area contributed by atoms with Gasteiger partial charge in [-0.1, -0.05) is 30.4 Å². The molecular formula is C16H16N2O2S. The van der Waals surface area contributed by atoms with Crippen LogP contribution < -0.4 is 4.72 Å². The molecule has 1 heterocycles. The molecule has 4 nitrogen and oxygen atoms in total. The highest BCUT2D eigenvalue weighted by Crippen LogP contribution is 2.17. The van der Waals surface area contributed by atoms with Gasteiger partial charge in [-0.3, -0.25) is 4.98 Å². The Labute approximate surface area is 124 Å². The van der Waals surface area contributed by atoms with Gasteiger partial charge in [0.25, 0.3) is 0 Å². The molecule has 0 saturated carbocycles. The summed E-state index contributed by atoms with van der Waals surface area (Å²) in [5, 5.41) is 0.925. The molecule has 0 aliphatic heterocycles. The number of benzene rings is 1. The summed E-state index contributed by atoms with van der Waals surface area (Å²) in [6.07, 6.45) is 9.73. The average molecular weight is 300 g/mol. The lowest BCUT2D eigenvalue weighted by Gasteiger charge is -2.10. The van der Waals surface area contributed by atoms with Gasteiger partial charge in [-0.2, -0.15) is 0 Å². The molecule has 108 valence electrons. The number of hydrogen-bond donors (Lipinski definition) is 1. The van der Waals surface area contributed by atoms with Gasteiger partial charge in [0.15, 0.2) is 0 Å². The molecule has 0 fully saturated rings. The second-order valence-electron chi connectivity index (χ2n) is 4.94. The van der Waals surface area contributed by atoms with Gasteiger partial charge in [-0.05, 0) is 36.6 Å². The lowest BCUT2D eigenvalue weighted by atomic mass is 10.1. The Balaban J connectivity index is 1.82. The number of allylic oxidation sites excluding steroid dienone is 2. The molecule has 1 N–H and O–H groups in total. The normalized spacial score (nSPS) is 15.1. The zero-order chi connectivity index (χ0) is 14.7. The monoisotopic (exact) mass is 300 g/mol. The molecular weight excluding hydrogens is 284 g/mol. The van der Waals surface area contributed by atoms with Crippen LogP contribution in [0, 0.1) is 0 Å². The van der Waals surface area contributed by atoms with Gasteiger partial charge in [0.1, 0.15) is 0 Å². The van der Waals surface area contributed by atoms with Gasteiger partial charge in [0.05, 0.1) is 10.4 Å². The summed E-state index contributed by atoms with van der Waals surface area (Å²) in [4.78, 5) is 4.44. The van der Waals surface area contributed by atoms with Crippen LogP contribution in [0.1, 0.15) is 12.8 Å². The predicted octanol–water partition coefficient (Wildman–Crippen LogP) is 2.79. The number of fused-ring (bicyclic) bond motifs is 1. The van der Waals surface area contributed by atoms with Crippen LogP contribution in [0.3, 0.4) is 0 Å². The highest BCUT2D eigenvalue weighted by molar-refractivity contribution is 7.89. The van der Waals surface area contributed by atoms with Crippen molar-refractivity contribution in [2.45, 2.75) is 17.7 Å². The Bertz CT molecular complexity index is 823. The third-order valence-electron chi connectivity index (χ3n) is 3.43. The summed E-state index contributed by atoms with van der Waals surface area (Å²) in [6, 6.07) is 8.72. The molecule has 0 amide bonds. The van der Waals surface area contributed by atoms with Gasteiger partial charge >= 0.3 is 0 Å². The van der Waals surface area contributed by atoms with Crippen molar-refractivity contribution in [3.8, 4) is 0 Å². The van der Waals surface area contributed by atoms with Crippen molar-refractivity contribution in [1.82, 2.24) is 9.71 Å². The van der Waals surface area contributed by atoms with E-state index in [0.29, 0.717) is 12.1 Å². The first-order valence-electron chi connectivity index (χ1n) is 6.85. The maximum Gasteiger partial charge on any atom is 0.240 e. The Morgan fingerprint density at radius 3 is 2.90 bits per heavy atom. The van der Waals surface area contributed by atoms with Crippen molar-refractivity contribution >= 4 is 20.9 Å². The van der Waals surface area contributed by atoms with E-state index in [1.54, 1.807) is 24.4 Å². The minimum absolute atomic E-state index is 0.245. The number of pyridine rings is 1. The summed E-state index contributed by atoms with van der Waals surface area (Å²) in [5.74, 6) is 0. The molecule has 0 saturated heterocycles. The molecule has 5 heteroatoms. The van der Waals surface area contributed by atoms with Crippen molar-refractivity contribution in [3.63, 3.8) is 0 Å². The Morgan fingerprint density at radius 2 is 2.10 bits per heavy atom. The van der Waals surface area contributed by atoms with Crippen molar-refractivity contribution < 1.29 is 8.42 Å². The SMILES string of the molecule is O=S(=O)(NCC1=CCCC=C1)c1ccc2cccnc2c1. The number of aromatic nitrogens is 1. The number of sulfonamides is 1. The molecule has 0 atom stereocenters. The predicted molar refractivity (Wildman–Crippen MR) is 83.4 cm³/mol. The van der Waals surface area contributed by atoms with E-state index in [0.717, 1.165) is 23.8 Å². The number of rotatable bonds is 4. The van der Waals surface area contributed by atoms with Crippen molar-refractivity contribution in [2.75, 3.05) is 6.54 Å². The van der Waals surface area contributed by atoms with Gasteiger partial charge in [0.2, 0.25) is 10.0 Å². The van der Waals surface area contributed by atoms with Gasteiger partial charge in [-0.15, -0.1) is 0 Å². The minimum Gasteiger partial charge on any atom is -0.256 e. The van der Waals surface area contributed by atoms with Crippen molar-refractivity contribution in [1.29, 1.82) is 0 Å². The maximum absolute atomic E-state index is 12.3. The molecule has 1 aromatic heterocycles. The summed E-state index contributed by atoms with van der Waals surface area (Å²) in [7, 11) is -3.52. The number of hydrogen-bond acceptors (Lipinski definition) is 3. The molecule has 0 unspecified atom stereocenters. The van der Waals surface area contributed by atoms with E-state index in [4.69, 9.17) is 0 Å². The molecule has 0 radical (unpaired) electrons. The lowest BCUT2D eigenvalue weighted by molar-refractivity contribution is 0.585. The van der Waals surface area contributed by atoms with E-state index < -0.39 is 10.0 Å². The summed E-state index contributed by atoms with van der Waals surface area (Å²) < 4.78 is 27.3. The first kappa shape index (κ1) is 14.0. The summed E-state index contributed by atoms with van der Waals surface area (Å²) >= 11 is 0. The smallest absolute Gasteiger partial charge is 0.240 e. The quantitative estimate of drug-likeness (QED) is 0.944. The Morgan fingerprint density at radius 1 is 1.19 bits per heavy atom. The first-order chi connectivity index (χ1) is 10.1. The second kappa shape index (κ2) is 5.79. The second-order valence-corrected chi connectivity index (χ2v) is 6.71. The van der Waals surface area contributed by atoms with E-state index in [2.05, 4.69) is 21.9 Å². The van der Waals surface area contributed by atoms with Crippen LogP contribution in [0.2, 0.25) is 0 Å². The molecule has 2 aromatic rings. The molecule has 21 heavy (non-hydrogen) atoms. The lowest BCUT2D eigenvalue weighted by Crippen LogP contribution is -2.25. The Hall–Kier alpha value is -1.98. The Kier molecular flexibility index (Phi) is 3.86. The molecule has 0 bridgehead atoms. The fourth-order valence-corrected chi connectivity index (χ4v) is 3.31. The van der Waals surface area contributed by atoms with Crippen LogP contribution >= 0.6 is 0 Å². The zero-order valence-corrected chi connectivity index (χ0v) is 12.3. The minimum atomic E-state index is -3.52. The van der Waals surface area contributed by atoms with Crippen LogP contribution in [-0.4, -0.2) is 19.9 Å². The third kappa shape index (κ3) is 3.20. The standard InChI is InChI=1S/C16H16N2O2S/c19-21(20,18-12-13-5-2-1-3-6-13)15-9-8-14-7-4-10-17-16(14)11-15/h2,4-11,18H,1,3,12H2. The fourth-order valence-electron chi connectivity index (χ4n) is 2.27.